The van der Waals surface area contributed by atoms with Crippen molar-refractivity contribution in [1.29, 1.82) is 0 Å². The fraction of sp³-hybridized carbons (Fsp3) is 0.160. The summed E-state index contributed by atoms with van der Waals surface area (Å²) in [6.07, 6.45) is 1.67. The third-order valence-corrected chi connectivity index (χ3v) is 8.22. The Morgan fingerprint density at radius 3 is 2.62 bits per heavy atom. The molecule has 3 heterocycles. The SMILES string of the molecule is C=CCn1c(=O)/c(=C2/Sc3ccc(OC)cc3N2C)s/c1=C1/C(=O)N(c2ccccc2)N=C1C. The molecule has 1 amide bonds. The van der Waals surface area contributed by atoms with E-state index in [-0.39, 0.29) is 11.5 Å². The van der Waals surface area contributed by atoms with Gasteiger partial charge in [-0.1, -0.05) is 36.0 Å². The predicted molar refractivity (Wildman–Crippen MR) is 139 cm³/mol. The highest BCUT2D eigenvalue weighted by Crippen LogP contribution is 2.46. The number of aromatic nitrogens is 1. The Morgan fingerprint density at radius 1 is 1.15 bits per heavy atom. The number of carbonyl (C=O) groups is 1. The molecule has 0 atom stereocenters. The molecule has 2 aliphatic rings. The number of ether oxygens (including phenoxy) is 1. The van der Waals surface area contributed by atoms with E-state index in [1.165, 1.54) is 28.1 Å². The molecule has 1 aromatic heterocycles. The lowest BCUT2D eigenvalue weighted by Gasteiger charge is -2.13. The molecule has 0 radical (unpaired) electrons. The second kappa shape index (κ2) is 8.66. The summed E-state index contributed by atoms with van der Waals surface area (Å²) in [5.41, 5.74) is 2.51. The molecule has 9 heteroatoms. The van der Waals surface area contributed by atoms with E-state index < -0.39 is 0 Å². The smallest absolute Gasteiger partial charge is 0.283 e. The van der Waals surface area contributed by atoms with E-state index in [0.29, 0.717) is 32.7 Å². The number of thioether (sulfide) groups is 1. The van der Waals surface area contributed by atoms with Crippen LogP contribution in [0.5, 0.6) is 5.75 Å². The molecule has 0 bridgehead atoms. The summed E-state index contributed by atoms with van der Waals surface area (Å²) in [6, 6.07) is 15.1. The van der Waals surface area contributed by atoms with Gasteiger partial charge in [-0.3, -0.25) is 14.2 Å². The average Bonchev–Trinajstić information content (AvgIpc) is 3.45. The Bertz CT molecular complexity index is 1540. The Hall–Kier alpha value is -3.56. The predicted octanol–water partition coefficient (Wildman–Crippen LogP) is 2.99. The molecular weight excluding hydrogens is 468 g/mol. The first-order valence-corrected chi connectivity index (χ1v) is 12.2. The number of hydrogen-bond donors (Lipinski definition) is 0. The van der Waals surface area contributed by atoms with Crippen LogP contribution >= 0.6 is 23.1 Å². The minimum Gasteiger partial charge on any atom is -0.497 e. The molecule has 0 N–H and O–H groups in total. The van der Waals surface area contributed by atoms with E-state index in [2.05, 4.69) is 11.7 Å². The third-order valence-electron chi connectivity index (χ3n) is 5.66. The molecule has 2 aromatic carbocycles. The second-order valence-electron chi connectivity index (χ2n) is 7.75. The molecule has 0 fully saturated rings. The first kappa shape index (κ1) is 22.2. The van der Waals surface area contributed by atoms with Crippen molar-refractivity contribution in [3.63, 3.8) is 0 Å². The van der Waals surface area contributed by atoms with Crippen LogP contribution in [0.2, 0.25) is 0 Å². The summed E-state index contributed by atoms with van der Waals surface area (Å²) in [4.78, 5) is 30.0. The Labute approximate surface area is 204 Å². The van der Waals surface area contributed by atoms with Crippen LogP contribution in [-0.4, -0.2) is 30.3 Å². The summed E-state index contributed by atoms with van der Waals surface area (Å²) < 4.78 is 8.13. The van der Waals surface area contributed by atoms with Gasteiger partial charge in [0.25, 0.3) is 11.5 Å². The fourth-order valence-electron chi connectivity index (χ4n) is 3.98. The van der Waals surface area contributed by atoms with Crippen molar-refractivity contribution in [1.82, 2.24) is 4.57 Å². The number of carbonyl (C=O) groups excluding carboxylic acids is 1. The molecule has 0 aliphatic carbocycles. The zero-order chi connectivity index (χ0) is 24.0. The van der Waals surface area contributed by atoms with Crippen LogP contribution in [0.25, 0.3) is 10.6 Å². The molecule has 0 saturated heterocycles. The number of anilines is 2. The number of fused-ring (bicyclic) bond motifs is 1. The summed E-state index contributed by atoms with van der Waals surface area (Å²) in [7, 11) is 3.56. The number of benzene rings is 2. The first-order valence-electron chi connectivity index (χ1n) is 10.6. The third kappa shape index (κ3) is 3.48. The van der Waals surface area contributed by atoms with E-state index in [9.17, 15) is 9.59 Å². The summed E-state index contributed by atoms with van der Waals surface area (Å²) in [6.45, 7) is 5.90. The van der Waals surface area contributed by atoms with E-state index in [1.807, 2.05) is 60.5 Å². The molecule has 0 spiro atoms. The van der Waals surface area contributed by atoms with Gasteiger partial charge in [-0.2, -0.15) is 10.1 Å². The summed E-state index contributed by atoms with van der Waals surface area (Å²) >= 11 is 2.85. The van der Waals surface area contributed by atoms with Crippen LogP contribution in [0.4, 0.5) is 11.4 Å². The van der Waals surface area contributed by atoms with Crippen LogP contribution in [0.1, 0.15) is 6.92 Å². The van der Waals surface area contributed by atoms with Gasteiger partial charge in [-0.15, -0.1) is 17.9 Å². The van der Waals surface area contributed by atoms with E-state index in [1.54, 1.807) is 24.7 Å². The minimum atomic E-state index is -0.250. The number of rotatable bonds is 4. The molecule has 172 valence electrons. The molecule has 7 nitrogen and oxygen atoms in total. The maximum atomic E-state index is 13.6. The van der Waals surface area contributed by atoms with Gasteiger partial charge in [0, 0.05) is 24.6 Å². The zero-order valence-electron chi connectivity index (χ0n) is 18.9. The zero-order valence-corrected chi connectivity index (χ0v) is 20.6. The molecule has 3 aromatic rings. The van der Waals surface area contributed by atoms with E-state index in [4.69, 9.17) is 4.74 Å². The number of amides is 1. The number of para-hydroxylation sites is 1. The van der Waals surface area contributed by atoms with Gasteiger partial charge in [0.2, 0.25) is 0 Å². The van der Waals surface area contributed by atoms with Gasteiger partial charge in [-0.25, -0.2) is 0 Å². The van der Waals surface area contributed by atoms with Crippen molar-refractivity contribution in [2.24, 2.45) is 5.10 Å². The van der Waals surface area contributed by atoms with E-state index >= 15 is 0 Å². The van der Waals surface area contributed by atoms with Crippen LogP contribution in [0.3, 0.4) is 0 Å². The summed E-state index contributed by atoms with van der Waals surface area (Å²) in [5, 5.41) is 6.70. The van der Waals surface area contributed by atoms with Crippen LogP contribution in [0.15, 0.2) is 76.0 Å². The van der Waals surface area contributed by atoms with Gasteiger partial charge in [0.1, 0.15) is 20.0 Å². The normalized spacial score (nSPS) is 18.3. The highest BCUT2D eigenvalue weighted by molar-refractivity contribution is 8.08. The van der Waals surface area contributed by atoms with Gasteiger partial charge in [-0.05, 0) is 31.2 Å². The standard InChI is InChI=1S/C25H22N4O3S2/c1-5-13-28-23(31)21(25-27(3)18-14-17(32-4)11-12-19(18)33-25)34-24(28)20-15(2)26-29(22(20)30)16-9-7-6-8-10-16/h5-12,14H,1,13H2,2-4H3/b24-20+,25-21-. The molecule has 0 saturated carbocycles. The van der Waals surface area contributed by atoms with Crippen molar-refractivity contribution in [2.45, 2.75) is 18.4 Å². The van der Waals surface area contributed by atoms with Crippen LogP contribution < -0.4 is 29.4 Å². The van der Waals surface area contributed by atoms with Gasteiger partial charge >= 0.3 is 0 Å². The average molecular weight is 491 g/mol. The Balaban J connectivity index is 1.72. The quantitative estimate of drug-likeness (QED) is 0.526. The lowest BCUT2D eigenvalue weighted by atomic mass is 10.2. The lowest BCUT2D eigenvalue weighted by molar-refractivity contribution is -0.112. The number of nitrogens with zero attached hydrogens (tertiary/aromatic N) is 4. The van der Waals surface area contributed by atoms with E-state index in [0.717, 1.165) is 21.4 Å². The second-order valence-corrected chi connectivity index (χ2v) is 9.78. The lowest BCUT2D eigenvalue weighted by Crippen LogP contribution is -2.35. The fourth-order valence-corrected chi connectivity index (χ4v) is 6.51. The van der Waals surface area contributed by atoms with Gasteiger partial charge in [0.15, 0.2) is 0 Å². The number of thiazole rings is 1. The number of allylic oxidation sites excluding steroid dienone is 1. The maximum absolute atomic E-state index is 13.6. The van der Waals surface area contributed by atoms with Crippen molar-refractivity contribution in [3.8, 4) is 5.75 Å². The number of hydrazone groups is 1. The topological polar surface area (TPSA) is 67.1 Å². The molecular formula is C25H22N4O3S2. The van der Waals surface area contributed by atoms with Crippen molar-refractivity contribution in [2.75, 3.05) is 24.1 Å². The first-order chi connectivity index (χ1) is 16.4. The Kier molecular flexibility index (Phi) is 5.66. The monoisotopic (exact) mass is 490 g/mol. The van der Waals surface area contributed by atoms with Gasteiger partial charge < -0.3 is 9.64 Å². The van der Waals surface area contributed by atoms with Crippen molar-refractivity contribution < 1.29 is 9.53 Å². The highest BCUT2D eigenvalue weighted by atomic mass is 32.2. The number of methoxy groups -OCH3 is 1. The highest BCUT2D eigenvalue weighted by Gasteiger charge is 2.32. The van der Waals surface area contributed by atoms with Crippen LogP contribution in [-0.2, 0) is 11.3 Å². The minimum absolute atomic E-state index is 0.153. The maximum Gasteiger partial charge on any atom is 0.283 e. The summed E-state index contributed by atoms with van der Waals surface area (Å²) in [5.74, 6) is 0.503. The van der Waals surface area contributed by atoms with Gasteiger partial charge in [0.05, 0.1) is 29.8 Å². The number of hydrogen-bond acceptors (Lipinski definition) is 7. The largest absolute Gasteiger partial charge is 0.497 e. The van der Waals surface area contributed by atoms with Crippen molar-refractivity contribution in [3.05, 3.63) is 80.7 Å². The molecule has 34 heavy (non-hydrogen) atoms. The van der Waals surface area contributed by atoms with Crippen molar-refractivity contribution >= 4 is 56.7 Å². The molecule has 2 aliphatic heterocycles. The molecule has 0 unspecified atom stereocenters. The molecule has 5 rings (SSSR count). The van der Waals surface area contributed by atoms with Crippen LogP contribution in [0, 0.1) is 0 Å². The Morgan fingerprint density at radius 2 is 1.91 bits per heavy atom.